The lowest BCUT2D eigenvalue weighted by Crippen LogP contribution is -2.45. The summed E-state index contributed by atoms with van der Waals surface area (Å²) in [6, 6.07) is -0.0737. The first-order valence-corrected chi connectivity index (χ1v) is 5.73. The number of nitrogens with one attached hydrogen (secondary N) is 1. The first kappa shape index (κ1) is 12.8. The molecule has 0 aliphatic carbocycles. The Morgan fingerprint density at radius 1 is 1.50 bits per heavy atom. The van der Waals surface area contributed by atoms with E-state index in [4.69, 9.17) is 0 Å². The van der Waals surface area contributed by atoms with Crippen molar-refractivity contribution in [2.45, 2.75) is 26.2 Å². The molecule has 1 atom stereocenters. The maximum Gasteiger partial charge on any atom is 0.317 e. The Kier molecular flexibility index (Phi) is 5.08. The van der Waals surface area contributed by atoms with E-state index in [9.17, 15) is 9.59 Å². The Balaban J connectivity index is 2.21. The number of hydrogen-bond acceptors (Lipinski definition) is 3. The van der Waals surface area contributed by atoms with E-state index in [1.54, 1.807) is 0 Å². The molecule has 0 saturated carbocycles. The molecule has 1 N–H and O–H groups in total. The number of rotatable bonds is 3. The van der Waals surface area contributed by atoms with Crippen LogP contribution in [-0.4, -0.2) is 43.6 Å². The van der Waals surface area contributed by atoms with Gasteiger partial charge in [0, 0.05) is 19.6 Å². The molecule has 5 nitrogen and oxygen atoms in total. The van der Waals surface area contributed by atoms with Crippen molar-refractivity contribution in [3.05, 3.63) is 0 Å². The quantitative estimate of drug-likeness (QED) is 0.733. The monoisotopic (exact) mass is 228 g/mol. The van der Waals surface area contributed by atoms with Crippen molar-refractivity contribution < 1.29 is 14.3 Å². The molecule has 1 saturated heterocycles. The molecule has 5 heteroatoms. The minimum absolute atomic E-state index is 0.0737. The fraction of sp³-hybridized carbons (Fsp3) is 0.818. The molecule has 1 unspecified atom stereocenters. The zero-order valence-corrected chi connectivity index (χ0v) is 9.99. The Labute approximate surface area is 96.1 Å². The van der Waals surface area contributed by atoms with Gasteiger partial charge in [-0.15, -0.1) is 0 Å². The number of esters is 1. The third-order valence-electron chi connectivity index (χ3n) is 2.78. The Hall–Kier alpha value is -1.26. The molecule has 0 bridgehead atoms. The van der Waals surface area contributed by atoms with Crippen LogP contribution in [0.25, 0.3) is 0 Å². The molecule has 0 aromatic heterocycles. The summed E-state index contributed by atoms with van der Waals surface area (Å²) in [4.78, 5) is 24.3. The van der Waals surface area contributed by atoms with Gasteiger partial charge < -0.3 is 15.0 Å². The van der Waals surface area contributed by atoms with E-state index in [0.717, 1.165) is 19.5 Å². The van der Waals surface area contributed by atoms with Crippen molar-refractivity contribution in [3.63, 3.8) is 0 Å². The summed E-state index contributed by atoms with van der Waals surface area (Å²) in [7, 11) is 1.34. The molecule has 1 aliphatic rings. The van der Waals surface area contributed by atoms with Gasteiger partial charge >= 0.3 is 12.0 Å². The van der Waals surface area contributed by atoms with Crippen LogP contribution in [0.15, 0.2) is 0 Å². The van der Waals surface area contributed by atoms with Gasteiger partial charge in [-0.2, -0.15) is 0 Å². The van der Waals surface area contributed by atoms with E-state index in [-0.39, 0.29) is 18.4 Å². The van der Waals surface area contributed by atoms with E-state index < -0.39 is 0 Å². The fourth-order valence-corrected chi connectivity index (χ4v) is 1.86. The van der Waals surface area contributed by atoms with E-state index in [1.165, 1.54) is 13.5 Å². The average molecular weight is 228 g/mol. The van der Waals surface area contributed by atoms with Crippen molar-refractivity contribution in [2.75, 3.05) is 26.7 Å². The normalized spacial score (nSPS) is 20.4. The standard InChI is InChI=1S/C11H20N2O3/c1-9-4-3-7-13(8-9)11(15)12-6-5-10(14)16-2/h9H,3-8H2,1-2H3,(H,12,15). The van der Waals surface area contributed by atoms with Gasteiger partial charge in [-0.05, 0) is 18.8 Å². The second-order valence-corrected chi connectivity index (χ2v) is 4.25. The van der Waals surface area contributed by atoms with Crippen LogP contribution in [0, 0.1) is 5.92 Å². The van der Waals surface area contributed by atoms with Crippen LogP contribution in [0.1, 0.15) is 26.2 Å². The number of hydrogen-bond donors (Lipinski definition) is 1. The molecule has 1 heterocycles. The van der Waals surface area contributed by atoms with Gasteiger partial charge in [0.05, 0.1) is 13.5 Å². The molecule has 1 aliphatic heterocycles. The van der Waals surface area contributed by atoms with E-state index >= 15 is 0 Å². The predicted octanol–water partition coefficient (Wildman–Crippen LogP) is 0.991. The SMILES string of the molecule is COC(=O)CCNC(=O)N1CCCC(C)C1. The number of likely N-dealkylation sites (tertiary alicyclic amines) is 1. The Bertz CT molecular complexity index is 256. The van der Waals surface area contributed by atoms with Crippen LogP contribution in [0.4, 0.5) is 4.79 Å². The van der Waals surface area contributed by atoms with Gasteiger partial charge in [0.25, 0.3) is 0 Å². The molecule has 2 amide bonds. The van der Waals surface area contributed by atoms with Gasteiger partial charge in [-0.1, -0.05) is 6.92 Å². The van der Waals surface area contributed by atoms with Crippen LogP contribution in [0.5, 0.6) is 0 Å². The number of carbonyl (C=O) groups excluding carboxylic acids is 2. The molecule has 0 aromatic rings. The highest BCUT2D eigenvalue weighted by Gasteiger charge is 2.20. The zero-order valence-electron chi connectivity index (χ0n) is 9.99. The summed E-state index contributed by atoms with van der Waals surface area (Å²) >= 11 is 0. The summed E-state index contributed by atoms with van der Waals surface area (Å²) < 4.78 is 4.49. The lowest BCUT2D eigenvalue weighted by Gasteiger charge is -2.30. The number of nitrogens with zero attached hydrogens (tertiary/aromatic N) is 1. The van der Waals surface area contributed by atoms with Crippen LogP contribution in [0.3, 0.4) is 0 Å². The summed E-state index contributed by atoms with van der Waals surface area (Å²) in [5, 5.41) is 2.72. The lowest BCUT2D eigenvalue weighted by molar-refractivity contribution is -0.140. The molecule has 0 aromatic carbocycles. The van der Waals surface area contributed by atoms with Crippen molar-refractivity contribution in [3.8, 4) is 0 Å². The maximum absolute atomic E-state index is 11.7. The summed E-state index contributed by atoms with van der Waals surface area (Å²) in [6.45, 7) is 4.11. The number of carbonyl (C=O) groups is 2. The Morgan fingerprint density at radius 2 is 2.25 bits per heavy atom. The highest BCUT2D eigenvalue weighted by atomic mass is 16.5. The minimum Gasteiger partial charge on any atom is -0.469 e. The number of urea groups is 1. The van der Waals surface area contributed by atoms with Crippen molar-refractivity contribution in [2.24, 2.45) is 5.92 Å². The number of methoxy groups -OCH3 is 1. The van der Waals surface area contributed by atoms with Crippen LogP contribution >= 0.6 is 0 Å². The smallest absolute Gasteiger partial charge is 0.317 e. The van der Waals surface area contributed by atoms with E-state index in [2.05, 4.69) is 17.0 Å². The number of amides is 2. The fourth-order valence-electron chi connectivity index (χ4n) is 1.86. The first-order chi connectivity index (χ1) is 7.63. The van der Waals surface area contributed by atoms with Gasteiger partial charge in [-0.25, -0.2) is 4.79 Å². The molecule has 1 rings (SSSR count). The average Bonchev–Trinajstić information content (AvgIpc) is 2.28. The molecular formula is C11H20N2O3. The van der Waals surface area contributed by atoms with E-state index in [1.807, 2.05) is 4.90 Å². The summed E-state index contributed by atoms with van der Waals surface area (Å²) in [6.07, 6.45) is 2.48. The van der Waals surface area contributed by atoms with Gasteiger partial charge in [0.2, 0.25) is 0 Å². The third-order valence-corrected chi connectivity index (χ3v) is 2.78. The van der Waals surface area contributed by atoms with E-state index in [0.29, 0.717) is 12.5 Å². The van der Waals surface area contributed by atoms with Crippen molar-refractivity contribution >= 4 is 12.0 Å². The number of ether oxygens (including phenoxy) is 1. The number of piperidine rings is 1. The van der Waals surface area contributed by atoms with Gasteiger partial charge in [0.15, 0.2) is 0 Å². The van der Waals surface area contributed by atoms with Crippen molar-refractivity contribution in [1.82, 2.24) is 10.2 Å². The second-order valence-electron chi connectivity index (χ2n) is 4.25. The molecule has 1 fully saturated rings. The molecule has 92 valence electrons. The summed E-state index contributed by atoms with van der Waals surface area (Å²) in [5.74, 6) is 0.271. The highest BCUT2D eigenvalue weighted by Crippen LogP contribution is 2.15. The predicted molar refractivity (Wildman–Crippen MR) is 60.0 cm³/mol. The molecular weight excluding hydrogens is 208 g/mol. The van der Waals surface area contributed by atoms with Crippen LogP contribution in [-0.2, 0) is 9.53 Å². The maximum atomic E-state index is 11.7. The third kappa shape index (κ3) is 4.08. The van der Waals surface area contributed by atoms with Crippen LogP contribution in [0.2, 0.25) is 0 Å². The first-order valence-electron chi connectivity index (χ1n) is 5.73. The van der Waals surface area contributed by atoms with Crippen molar-refractivity contribution in [1.29, 1.82) is 0 Å². The van der Waals surface area contributed by atoms with Gasteiger partial charge in [-0.3, -0.25) is 4.79 Å². The molecule has 0 spiro atoms. The Morgan fingerprint density at radius 3 is 2.88 bits per heavy atom. The zero-order chi connectivity index (χ0) is 12.0. The second kappa shape index (κ2) is 6.35. The minimum atomic E-state index is -0.299. The molecule has 0 radical (unpaired) electrons. The van der Waals surface area contributed by atoms with Crippen LogP contribution < -0.4 is 5.32 Å². The summed E-state index contributed by atoms with van der Waals surface area (Å²) in [5.41, 5.74) is 0. The highest BCUT2D eigenvalue weighted by molar-refractivity contribution is 5.75. The topological polar surface area (TPSA) is 58.6 Å². The van der Waals surface area contributed by atoms with Gasteiger partial charge in [0.1, 0.15) is 0 Å². The molecule has 16 heavy (non-hydrogen) atoms. The largest absolute Gasteiger partial charge is 0.469 e. The lowest BCUT2D eigenvalue weighted by atomic mass is 10.0.